The van der Waals surface area contributed by atoms with Crippen LogP contribution in [-0.4, -0.2) is 17.4 Å². The van der Waals surface area contributed by atoms with E-state index in [9.17, 15) is 0 Å². The Labute approximate surface area is 219 Å². The van der Waals surface area contributed by atoms with Crippen molar-refractivity contribution in [1.29, 1.82) is 0 Å². The van der Waals surface area contributed by atoms with Crippen molar-refractivity contribution in [3.05, 3.63) is 115 Å². The molecule has 0 N–H and O–H groups in total. The molecule has 0 atom stereocenters. The molecule has 0 radical (unpaired) electrons. The topological polar surface area (TPSA) is 17.8 Å². The van der Waals surface area contributed by atoms with Crippen LogP contribution in [0.1, 0.15) is 19.2 Å². The molecule has 6 aromatic rings. The summed E-state index contributed by atoms with van der Waals surface area (Å²) in [5, 5.41) is 5.16. The number of hydrogen-bond donors (Lipinski definition) is 0. The molecular formula is C34H29BN2. The van der Waals surface area contributed by atoms with Gasteiger partial charge >= 0.3 is 0 Å². The summed E-state index contributed by atoms with van der Waals surface area (Å²) in [5.74, 6) is 0.986. The summed E-state index contributed by atoms with van der Waals surface area (Å²) in [6.07, 6.45) is 5.30. The van der Waals surface area contributed by atoms with Gasteiger partial charge in [-0.1, -0.05) is 116 Å². The molecule has 178 valence electrons. The first-order valence-corrected chi connectivity index (χ1v) is 13.0. The Morgan fingerprint density at radius 2 is 1.35 bits per heavy atom. The van der Waals surface area contributed by atoms with Gasteiger partial charge in [0.1, 0.15) is 13.7 Å². The number of aryl methyl sites for hydroxylation is 1. The van der Waals surface area contributed by atoms with E-state index in [0.717, 1.165) is 29.2 Å². The fourth-order valence-electron chi connectivity index (χ4n) is 5.20. The third kappa shape index (κ3) is 4.27. The number of aromatic nitrogens is 2. The van der Waals surface area contributed by atoms with E-state index in [1.807, 2.05) is 0 Å². The highest BCUT2D eigenvalue weighted by Crippen LogP contribution is 2.35. The molecule has 1 heterocycles. The number of rotatable bonds is 5. The molecule has 0 aliphatic rings. The molecule has 0 amide bonds. The van der Waals surface area contributed by atoms with Gasteiger partial charge in [0.25, 0.3) is 0 Å². The van der Waals surface area contributed by atoms with Crippen LogP contribution in [0.2, 0.25) is 0 Å². The van der Waals surface area contributed by atoms with E-state index in [2.05, 4.69) is 142 Å². The van der Waals surface area contributed by atoms with Crippen LogP contribution in [0.15, 0.2) is 109 Å². The van der Waals surface area contributed by atoms with Crippen molar-refractivity contribution in [3.8, 4) is 33.6 Å². The minimum Gasteiger partial charge on any atom is -0.303 e. The molecule has 0 saturated carbocycles. The molecule has 1 aromatic heterocycles. The maximum Gasteiger partial charge on any atom is 0.139 e. The zero-order chi connectivity index (χ0) is 25.4. The molecule has 3 heteroatoms. The second kappa shape index (κ2) is 9.59. The van der Waals surface area contributed by atoms with Crippen LogP contribution in [0, 0.1) is 6.92 Å². The highest BCUT2D eigenvalue weighted by atomic mass is 15.1. The van der Waals surface area contributed by atoms with Crippen LogP contribution < -0.4 is 5.46 Å². The molecule has 6 rings (SSSR count). The lowest BCUT2D eigenvalue weighted by Crippen LogP contribution is -1.99. The SMILES string of the molecule is Bc1ccc2c(ccc3cc(-c4ccc(-c5nc(C)n(/C=C\CC)c5-c5ccccc5)cc4)ccc32)c1. The lowest BCUT2D eigenvalue weighted by molar-refractivity contribution is 1.03. The molecule has 37 heavy (non-hydrogen) atoms. The summed E-state index contributed by atoms with van der Waals surface area (Å²) in [7, 11) is 2.15. The predicted molar refractivity (Wildman–Crippen MR) is 162 cm³/mol. The van der Waals surface area contributed by atoms with Gasteiger partial charge in [0.05, 0.1) is 11.4 Å². The van der Waals surface area contributed by atoms with E-state index in [-0.39, 0.29) is 0 Å². The van der Waals surface area contributed by atoms with Crippen molar-refractivity contribution >= 4 is 41.1 Å². The Balaban J connectivity index is 1.41. The molecule has 0 aliphatic carbocycles. The highest BCUT2D eigenvalue weighted by Gasteiger charge is 2.17. The number of nitrogens with zero attached hydrogens (tertiary/aromatic N) is 2. The minimum absolute atomic E-state index is 0.983. The van der Waals surface area contributed by atoms with Gasteiger partial charge in [-0.2, -0.15) is 0 Å². The van der Waals surface area contributed by atoms with Gasteiger partial charge in [-0.15, -0.1) is 0 Å². The Morgan fingerprint density at radius 3 is 2.08 bits per heavy atom. The average molecular weight is 476 g/mol. The summed E-state index contributed by atoms with van der Waals surface area (Å²) >= 11 is 0. The lowest BCUT2D eigenvalue weighted by atomic mass is 9.91. The van der Waals surface area contributed by atoms with Crippen LogP contribution in [-0.2, 0) is 0 Å². The number of fused-ring (bicyclic) bond motifs is 3. The van der Waals surface area contributed by atoms with Gasteiger partial charge in [-0.05, 0) is 52.1 Å². The molecule has 2 nitrogen and oxygen atoms in total. The van der Waals surface area contributed by atoms with Gasteiger partial charge in [-0.3, -0.25) is 0 Å². The smallest absolute Gasteiger partial charge is 0.139 e. The fraction of sp³-hybridized carbons (Fsp3) is 0.0882. The maximum atomic E-state index is 5.00. The van der Waals surface area contributed by atoms with E-state index < -0.39 is 0 Å². The first-order chi connectivity index (χ1) is 18.1. The largest absolute Gasteiger partial charge is 0.303 e. The van der Waals surface area contributed by atoms with E-state index in [0.29, 0.717) is 0 Å². The number of benzene rings is 5. The van der Waals surface area contributed by atoms with Crippen LogP contribution in [0.5, 0.6) is 0 Å². The van der Waals surface area contributed by atoms with Crippen LogP contribution >= 0.6 is 0 Å². The molecule has 5 aromatic carbocycles. The highest BCUT2D eigenvalue weighted by molar-refractivity contribution is 6.33. The molecule has 0 unspecified atom stereocenters. The van der Waals surface area contributed by atoms with E-state index in [4.69, 9.17) is 4.98 Å². The molecule has 0 aliphatic heterocycles. The number of allylic oxidation sites excluding steroid dienone is 1. The van der Waals surface area contributed by atoms with E-state index in [1.54, 1.807) is 0 Å². The lowest BCUT2D eigenvalue weighted by Gasteiger charge is -2.10. The molecule has 0 spiro atoms. The van der Waals surface area contributed by atoms with Gasteiger partial charge in [-0.25, -0.2) is 4.98 Å². The van der Waals surface area contributed by atoms with Gasteiger partial charge in [0.2, 0.25) is 0 Å². The van der Waals surface area contributed by atoms with Gasteiger partial charge in [0, 0.05) is 17.3 Å². The first-order valence-electron chi connectivity index (χ1n) is 13.0. The Morgan fingerprint density at radius 1 is 0.703 bits per heavy atom. The Kier molecular flexibility index (Phi) is 5.98. The summed E-state index contributed by atoms with van der Waals surface area (Å²) in [6, 6.07) is 37.3. The van der Waals surface area contributed by atoms with Crippen molar-refractivity contribution in [2.45, 2.75) is 20.3 Å². The van der Waals surface area contributed by atoms with Gasteiger partial charge in [0.15, 0.2) is 0 Å². The van der Waals surface area contributed by atoms with Crippen molar-refractivity contribution in [2.75, 3.05) is 0 Å². The first kappa shape index (κ1) is 23.1. The number of imidazole rings is 1. The molecule has 0 saturated heterocycles. The van der Waals surface area contributed by atoms with Crippen molar-refractivity contribution in [3.63, 3.8) is 0 Å². The van der Waals surface area contributed by atoms with Crippen LogP contribution in [0.3, 0.4) is 0 Å². The Hall–Kier alpha value is -4.37. The molecule has 0 bridgehead atoms. The zero-order valence-corrected chi connectivity index (χ0v) is 21.6. The predicted octanol–water partition coefficient (Wildman–Crippen LogP) is 7.64. The van der Waals surface area contributed by atoms with Crippen molar-refractivity contribution in [2.24, 2.45) is 0 Å². The zero-order valence-electron chi connectivity index (χ0n) is 21.6. The van der Waals surface area contributed by atoms with E-state index in [1.165, 1.54) is 43.7 Å². The monoisotopic (exact) mass is 476 g/mol. The second-order valence-corrected chi connectivity index (χ2v) is 9.69. The quantitative estimate of drug-likeness (QED) is 0.185. The summed E-state index contributed by atoms with van der Waals surface area (Å²) < 4.78 is 2.21. The van der Waals surface area contributed by atoms with Gasteiger partial charge < -0.3 is 4.57 Å². The van der Waals surface area contributed by atoms with Crippen molar-refractivity contribution in [1.82, 2.24) is 9.55 Å². The third-order valence-corrected chi connectivity index (χ3v) is 7.11. The summed E-state index contributed by atoms with van der Waals surface area (Å²) in [4.78, 5) is 5.00. The second-order valence-electron chi connectivity index (χ2n) is 9.69. The van der Waals surface area contributed by atoms with E-state index >= 15 is 0 Å². The number of hydrogen-bond acceptors (Lipinski definition) is 1. The fourth-order valence-corrected chi connectivity index (χ4v) is 5.20. The maximum absolute atomic E-state index is 5.00. The minimum atomic E-state index is 0.983. The summed E-state index contributed by atoms with van der Waals surface area (Å²) in [5.41, 5.74) is 8.15. The average Bonchev–Trinajstić information content (AvgIpc) is 3.27. The normalized spacial score (nSPS) is 11.6. The van der Waals surface area contributed by atoms with Crippen molar-refractivity contribution < 1.29 is 0 Å². The third-order valence-electron chi connectivity index (χ3n) is 7.11. The van der Waals surface area contributed by atoms with Crippen LogP contribution in [0.4, 0.5) is 0 Å². The summed E-state index contributed by atoms with van der Waals surface area (Å²) in [6.45, 7) is 4.23. The molecular weight excluding hydrogens is 447 g/mol. The standard InChI is InChI=1S/C34H29BN2/c1-3-4-20-37-23(2)36-33(34(37)26-8-6-5-7-9-26)25-12-10-24(11-13-25)27-16-18-31-28(21-27)14-15-29-22-30(35)17-19-32(29)31/h4-22H,3,35H2,1-2H3/b20-4-. The molecule has 0 fully saturated rings. The van der Waals surface area contributed by atoms with Crippen LogP contribution in [0.25, 0.3) is 61.4 Å². The Bertz CT molecular complexity index is 1760.